The molecular weight excluding hydrogens is 244 g/mol. The minimum absolute atomic E-state index is 0.0219. The summed E-state index contributed by atoms with van der Waals surface area (Å²) in [6.45, 7) is 8.57. The Morgan fingerprint density at radius 3 is 2.74 bits per heavy atom. The van der Waals surface area contributed by atoms with Crippen LogP contribution in [-0.4, -0.2) is 23.1 Å². The standard InChI is InChI=1S/C14H20N2O3/c1-4-8-15(9-5-2)13-7-6-12(11(3)17)10-14(13)16(18)19/h4,6-7,10-11,17H,1,5,8-9H2,2-3H3. The third kappa shape index (κ3) is 3.79. The Hall–Kier alpha value is -1.88. The number of aliphatic hydroxyl groups excluding tert-OH is 1. The first kappa shape index (κ1) is 15.2. The third-order valence-electron chi connectivity index (χ3n) is 2.86. The highest BCUT2D eigenvalue weighted by atomic mass is 16.6. The van der Waals surface area contributed by atoms with E-state index in [1.54, 1.807) is 25.1 Å². The third-order valence-corrected chi connectivity index (χ3v) is 2.86. The van der Waals surface area contributed by atoms with E-state index in [0.29, 0.717) is 17.8 Å². The molecule has 0 spiro atoms. The van der Waals surface area contributed by atoms with Crippen molar-refractivity contribution >= 4 is 11.4 Å². The highest BCUT2D eigenvalue weighted by Gasteiger charge is 2.20. The van der Waals surface area contributed by atoms with Crippen LogP contribution in [-0.2, 0) is 0 Å². The van der Waals surface area contributed by atoms with E-state index in [9.17, 15) is 15.2 Å². The van der Waals surface area contributed by atoms with Crippen LogP contribution < -0.4 is 4.90 Å². The first-order valence-corrected chi connectivity index (χ1v) is 6.33. The van der Waals surface area contributed by atoms with Crippen LogP contribution in [0.5, 0.6) is 0 Å². The van der Waals surface area contributed by atoms with Crippen LogP contribution in [0.15, 0.2) is 30.9 Å². The molecule has 0 aromatic heterocycles. The lowest BCUT2D eigenvalue weighted by molar-refractivity contribution is -0.384. The molecular formula is C14H20N2O3. The molecule has 0 aliphatic rings. The molecule has 1 unspecified atom stereocenters. The fourth-order valence-corrected chi connectivity index (χ4v) is 1.95. The zero-order chi connectivity index (χ0) is 14.4. The molecule has 0 aliphatic carbocycles. The molecule has 0 fully saturated rings. The number of hydrogen-bond donors (Lipinski definition) is 1. The molecule has 0 aliphatic heterocycles. The Morgan fingerprint density at radius 2 is 2.26 bits per heavy atom. The molecule has 0 amide bonds. The highest BCUT2D eigenvalue weighted by molar-refractivity contribution is 5.64. The second-order valence-electron chi connectivity index (χ2n) is 4.42. The SMILES string of the molecule is C=CCN(CCC)c1ccc(C(C)O)cc1[N+](=O)[O-]. The summed E-state index contributed by atoms with van der Waals surface area (Å²) in [4.78, 5) is 12.7. The maximum absolute atomic E-state index is 11.2. The van der Waals surface area contributed by atoms with Crippen molar-refractivity contribution in [3.05, 3.63) is 46.5 Å². The van der Waals surface area contributed by atoms with Crippen molar-refractivity contribution in [1.29, 1.82) is 0 Å². The van der Waals surface area contributed by atoms with Crippen molar-refractivity contribution < 1.29 is 10.0 Å². The van der Waals surface area contributed by atoms with Crippen LogP contribution in [0.25, 0.3) is 0 Å². The number of benzene rings is 1. The lowest BCUT2D eigenvalue weighted by Gasteiger charge is -2.22. The van der Waals surface area contributed by atoms with Crippen molar-refractivity contribution in [3.63, 3.8) is 0 Å². The molecule has 1 N–H and O–H groups in total. The van der Waals surface area contributed by atoms with Gasteiger partial charge in [0.05, 0.1) is 11.0 Å². The summed E-state index contributed by atoms with van der Waals surface area (Å²) in [6, 6.07) is 4.85. The first-order chi connectivity index (χ1) is 9.01. The molecule has 0 bridgehead atoms. The molecule has 19 heavy (non-hydrogen) atoms. The maximum atomic E-state index is 11.2. The summed E-state index contributed by atoms with van der Waals surface area (Å²) in [5.41, 5.74) is 1.13. The van der Waals surface area contributed by atoms with Crippen LogP contribution in [0.1, 0.15) is 31.9 Å². The second kappa shape index (κ2) is 6.89. The topological polar surface area (TPSA) is 66.6 Å². The smallest absolute Gasteiger partial charge is 0.292 e. The molecule has 0 radical (unpaired) electrons. The molecule has 1 aromatic rings. The second-order valence-corrected chi connectivity index (χ2v) is 4.42. The normalized spacial score (nSPS) is 11.9. The molecule has 5 nitrogen and oxygen atoms in total. The van der Waals surface area contributed by atoms with E-state index < -0.39 is 11.0 Å². The number of hydrogen-bond acceptors (Lipinski definition) is 4. The molecule has 0 saturated carbocycles. The van der Waals surface area contributed by atoms with Gasteiger partial charge in [-0.1, -0.05) is 19.1 Å². The quantitative estimate of drug-likeness (QED) is 0.467. The Balaban J connectivity index is 3.24. The fraction of sp³-hybridized carbons (Fsp3) is 0.429. The van der Waals surface area contributed by atoms with Gasteiger partial charge >= 0.3 is 0 Å². The predicted octanol–water partition coefficient (Wildman–Crippen LogP) is 3.05. The maximum Gasteiger partial charge on any atom is 0.292 e. The molecule has 1 atom stereocenters. The minimum Gasteiger partial charge on any atom is -0.389 e. The molecule has 5 heteroatoms. The number of nitrogens with zero attached hydrogens (tertiary/aromatic N) is 2. The van der Waals surface area contributed by atoms with Crippen LogP contribution in [0.2, 0.25) is 0 Å². The fourth-order valence-electron chi connectivity index (χ4n) is 1.95. The van der Waals surface area contributed by atoms with Gasteiger partial charge in [0.15, 0.2) is 0 Å². The zero-order valence-corrected chi connectivity index (χ0v) is 11.4. The Morgan fingerprint density at radius 1 is 1.58 bits per heavy atom. The largest absolute Gasteiger partial charge is 0.389 e. The van der Waals surface area contributed by atoms with Gasteiger partial charge in [-0.3, -0.25) is 10.1 Å². The molecule has 0 heterocycles. The lowest BCUT2D eigenvalue weighted by atomic mass is 10.1. The van der Waals surface area contributed by atoms with Crippen molar-refractivity contribution in [2.75, 3.05) is 18.0 Å². The Bertz CT molecular complexity index is 458. The van der Waals surface area contributed by atoms with Gasteiger partial charge in [-0.25, -0.2) is 0 Å². The Kier molecular flexibility index (Phi) is 5.51. The summed E-state index contributed by atoms with van der Waals surface area (Å²) >= 11 is 0. The van der Waals surface area contributed by atoms with Gasteiger partial charge in [0.2, 0.25) is 0 Å². The van der Waals surface area contributed by atoms with Crippen LogP contribution >= 0.6 is 0 Å². The van der Waals surface area contributed by atoms with Gasteiger partial charge in [-0.2, -0.15) is 0 Å². The van der Waals surface area contributed by atoms with Crippen LogP contribution in [0.3, 0.4) is 0 Å². The molecule has 1 aromatic carbocycles. The van der Waals surface area contributed by atoms with E-state index in [1.165, 1.54) is 6.07 Å². The van der Waals surface area contributed by atoms with E-state index >= 15 is 0 Å². The summed E-state index contributed by atoms with van der Waals surface area (Å²) in [5, 5.41) is 20.7. The number of anilines is 1. The predicted molar refractivity (Wildman–Crippen MR) is 76.4 cm³/mol. The molecule has 1 rings (SSSR count). The van der Waals surface area contributed by atoms with Gasteiger partial charge in [0.1, 0.15) is 5.69 Å². The van der Waals surface area contributed by atoms with Gasteiger partial charge in [-0.05, 0) is 25.0 Å². The van der Waals surface area contributed by atoms with Crippen LogP contribution in [0, 0.1) is 10.1 Å². The van der Waals surface area contributed by atoms with Crippen molar-refractivity contribution in [2.24, 2.45) is 0 Å². The van der Waals surface area contributed by atoms with E-state index in [0.717, 1.165) is 13.0 Å². The highest BCUT2D eigenvalue weighted by Crippen LogP contribution is 2.31. The molecule has 0 saturated heterocycles. The monoisotopic (exact) mass is 264 g/mol. The van der Waals surface area contributed by atoms with E-state index in [2.05, 4.69) is 6.58 Å². The van der Waals surface area contributed by atoms with Gasteiger partial charge < -0.3 is 10.0 Å². The minimum atomic E-state index is -0.716. The lowest BCUT2D eigenvalue weighted by Crippen LogP contribution is -2.24. The van der Waals surface area contributed by atoms with Crippen molar-refractivity contribution in [2.45, 2.75) is 26.4 Å². The average molecular weight is 264 g/mol. The summed E-state index contributed by atoms with van der Waals surface area (Å²) < 4.78 is 0. The summed E-state index contributed by atoms with van der Waals surface area (Å²) in [6.07, 6.45) is 1.90. The van der Waals surface area contributed by atoms with E-state index in [-0.39, 0.29) is 5.69 Å². The van der Waals surface area contributed by atoms with Gasteiger partial charge in [-0.15, -0.1) is 6.58 Å². The number of aliphatic hydroxyl groups is 1. The summed E-state index contributed by atoms with van der Waals surface area (Å²) in [5.74, 6) is 0. The zero-order valence-electron chi connectivity index (χ0n) is 11.4. The van der Waals surface area contributed by atoms with Crippen molar-refractivity contribution in [1.82, 2.24) is 0 Å². The average Bonchev–Trinajstić information content (AvgIpc) is 2.37. The molecule has 104 valence electrons. The van der Waals surface area contributed by atoms with Crippen molar-refractivity contribution in [3.8, 4) is 0 Å². The van der Waals surface area contributed by atoms with E-state index in [4.69, 9.17) is 0 Å². The van der Waals surface area contributed by atoms with Gasteiger partial charge in [0.25, 0.3) is 5.69 Å². The van der Waals surface area contributed by atoms with E-state index in [1.807, 2.05) is 11.8 Å². The number of nitro groups is 1. The van der Waals surface area contributed by atoms with Crippen LogP contribution in [0.4, 0.5) is 11.4 Å². The first-order valence-electron chi connectivity index (χ1n) is 6.33. The Labute approximate surface area is 113 Å². The van der Waals surface area contributed by atoms with Gasteiger partial charge in [0, 0.05) is 19.2 Å². The number of nitro benzene ring substituents is 1. The number of rotatable bonds is 7. The summed E-state index contributed by atoms with van der Waals surface area (Å²) in [7, 11) is 0.